The van der Waals surface area contributed by atoms with Crippen LogP contribution in [0.5, 0.6) is 0 Å². The normalized spacial score (nSPS) is 12.5. The summed E-state index contributed by atoms with van der Waals surface area (Å²) < 4.78 is 76.8. The maximum absolute atomic E-state index is 12.8. The average molecular weight is 357 g/mol. The fourth-order valence-electron chi connectivity index (χ4n) is 1.80. The van der Waals surface area contributed by atoms with Crippen molar-refractivity contribution in [1.29, 1.82) is 0 Å². The van der Waals surface area contributed by atoms with Gasteiger partial charge in [0, 0.05) is 11.6 Å². The van der Waals surface area contributed by atoms with E-state index in [4.69, 9.17) is 11.6 Å². The molecule has 0 unspecified atom stereocenters. The summed E-state index contributed by atoms with van der Waals surface area (Å²) in [5.74, 6) is -0.646. The van der Waals surface area contributed by atoms with Crippen LogP contribution < -0.4 is 5.56 Å². The first-order valence-corrected chi connectivity index (χ1v) is 6.50. The van der Waals surface area contributed by atoms with E-state index in [1.165, 1.54) is 0 Å². The van der Waals surface area contributed by atoms with E-state index in [0.29, 0.717) is 12.1 Å². The highest BCUT2D eigenvalue weighted by molar-refractivity contribution is 6.16. The van der Waals surface area contributed by atoms with Crippen LogP contribution >= 0.6 is 11.6 Å². The summed E-state index contributed by atoms with van der Waals surface area (Å²) in [5, 5.41) is 0. The third kappa shape index (κ3) is 4.04. The molecule has 1 N–H and O–H groups in total. The smallest absolute Gasteiger partial charge is 0.307 e. The highest BCUT2D eigenvalue weighted by atomic mass is 35.5. The van der Waals surface area contributed by atoms with Crippen molar-refractivity contribution < 1.29 is 26.3 Å². The second-order valence-corrected chi connectivity index (χ2v) is 4.78. The quantitative estimate of drug-likeness (QED) is 0.647. The van der Waals surface area contributed by atoms with Gasteiger partial charge in [-0.05, 0) is 18.2 Å². The van der Waals surface area contributed by atoms with Gasteiger partial charge < -0.3 is 4.98 Å². The summed E-state index contributed by atoms with van der Waals surface area (Å²) in [6, 6.07) is 1.94. The molecule has 0 aliphatic rings. The van der Waals surface area contributed by atoms with Gasteiger partial charge in [-0.15, -0.1) is 11.6 Å². The van der Waals surface area contributed by atoms with Crippen LogP contribution in [0.15, 0.2) is 29.1 Å². The third-order valence-corrected chi connectivity index (χ3v) is 3.07. The van der Waals surface area contributed by atoms with E-state index in [9.17, 15) is 31.1 Å². The molecule has 0 atom stereocenters. The molecule has 0 bridgehead atoms. The zero-order chi connectivity index (χ0) is 17.4. The number of H-pyrrole nitrogens is 1. The SMILES string of the molecule is O=c1cc(CCl)nc(-c2cc(C(F)(F)F)cc(C(F)(F)F)c2)[nH]1. The van der Waals surface area contributed by atoms with Crippen LogP contribution in [0.25, 0.3) is 11.4 Å². The summed E-state index contributed by atoms with van der Waals surface area (Å²) in [6.45, 7) is 0. The number of nitrogens with zero attached hydrogens (tertiary/aromatic N) is 1. The van der Waals surface area contributed by atoms with Gasteiger partial charge in [0.1, 0.15) is 5.82 Å². The van der Waals surface area contributed by atoms with Crippen molar-refractivity contribution in [1.82, 2.24) is 9.97 Å². The molecule has 0 radical (unpaired) electrons. The Morgan fingerprint density at radius 3 is 1.91 bits per heavy atom. The molecule has 1 heterocycles. The summed E-state index contributed by atoms with van der Waals surface area (Å²) in [5.41, 5.74) is -4.23. The first-order chi connectivity index (χ1) is 10.5. The fraction of sp³-hybridized carbons (Fsp3) is 0.231. The maximum Gasteiger partial charge on any atom is 0.416 e. The van der Waals surface area contributed by atoms with Crippen molar-refractivity contribution >= 4 is 11.6 Å². The molecule has 0 saturated carbocycles. The number of hydrogen-bond acceptors (Lipinski definition) is 2. The van der Waals surface area contributed by atoms with Crippen LogP contribution in [-0.2, 0) is 18.2 Å². The first kappa shape index (κ1) is 17.3. The molecule has 2 aromatic rings. The summed E-state index contributed by atoms with van der Waals surface area (Å²) >= 11 is 5.49. The number of rotatable bonds is 2. The topological polar surface area (TPSA) is 45.8 Å². The lowest BCUT2D eigenvalue weighted by atomic mass is 10.0. The molecular formula is C13H7ClF6N2O. The molecule has 3 nitrogen and oxygen atoms in total. The van der Waals surface area contributed by atoms with Crippen LogP contribution in [0, 0.1) is 0 Å². The number of aromatic nitrogens is 2. The van der Waals surface area contributed by atoms with Gasteiger partial charge in [-0.25, -0.2) is 4.98 Å². The monoisotopic (exact) mass is 356 g/mol. The van der Waals surface area contributed by atoms with Crippen LogP contribution in [0.4, 0.5) is 26.3 Å². The van der Waals surface area contributed by atoms with Gasteiger partial charge in [-0.2, -0.15) is 26.3 Å². The molecule has 2 rings (SSSR count). The molecule has 0 amide bonds. The van der Waals surface area contributed by atoms with Crippen LogP contribution in [0.1, 0.15) is 16.8 Å². The minimum absolute atomic E-state index is 0.00694. The van der Waals surface area contributed by atoms with E-state index < -0.39 is 40.4 Å². The number of benzene rings is 1. The Morgan fingerprint density at radius 2 is 1.48 bits per heavy atom. The minimum atomic E-state index is -4.99. The van der Waals surface area contributed by atoms with E-state index in [2.05, 4.69) is 9.97 Å². The fourth-order valence-corrected chi connectivity index (χ4v) is 1.94. The predicted octanol–water partition coefficient (Wildman–Crippen LogP) is 4.21. The molecule has 0 aliphatic heterocycles. The number of nitrogens with one attached hydrogen (secondary N) is 1. The number of alkyl halides is 7. The van der Waals surface area contributed by atoms with E-state index in [0.717, 1.165) is 6.07 Å². The Balaban J connectivity index is 2.71. The molecule has 0 spiro atoms. The number of halogens is 7. The summed E-state index contributed by atoms with van der Waals surface area (Å²) in [6.07, 6.45) is -9.97. The van der Waals surface area contributed by atoms with Gasteiger partial charge in [0.15, 0.2) is 0 Å². The van der Waals surface area contributed by atoms with Crippen LogP contribution in [0.2, 0.25) is 0 Å². The van der Waals surface area contributed by atoms with Gasteiger partial charge in [-0.1, -0.05) is 0 Å². The van der Waals surface area contributed by atoms with Crippen molar-refractivity contribution in [2.75, 3.05) is 0 Å². The third-order valence-electron chi connectivity index (χ3n) is 2.79. The molecule has 10 heteroatoms. The zero-order valence-corrected chi connectivity index (χ0v) is 11.8. The first-order valence-electron chi connectivity index (χ1n) is 5.97. The second kappa shape index (κ2) is 5.88. The van der Waals surface area contributed by atoms with Gasteiger partial charge >= 0.3 is 12.4 Å². The molecule has 0 fully saturated rings. The lowest BCUT2D eigenvalue weighted by molar-refractivity contribution is -0.143. The summed E-state index contributed by atoms with van der Waals surface area (Å²) in [4.78, 5) is 17.3. The van der Waals surface area contributed by atoms with Gasteiger partial charge in [0.2, 0.25) is 0 Å². The van der Waals surface area contributed by atoms with E-state index >= 15 is 0 Å². The lowest BCUT2D eigenvalue weighted by Gasteiger charge is -2.14. The minimum Gasteiger partial charge on any atom is -0.307 e. The lowest BCUT2D eigenvalue weighted by Crippen LogP contribution is -2.13. The van der Waals surface area contributed by atoms with E-state index in [1.54, 1.807) is 0 Å². The van der Waals surface area contributed by atoms with Gasteiger partial charge in [-0.3, -0.25) is 4.79 Å². The highest BCUT2D eigenvalue weighted by Gasteiger charge is 2.37. The van der Waals surface area contributed by atoms with E-state index in [1.807, 2.05) is 0 Å². The molecule has 124 valence electrons. The van der Waals surface area contributed by atoms with Gasteiger partial charge in [0.25, 0.3) is 5.56 Å². The van der Waals surface area contributed by atoms with Crippen molar-refractivity contribution in [2.24, 2.45) is 0 Å². The Kier molecular flexibility index (Phi) is 4.43. The zero-order valence-electron chi connectivity index (χ0n) is 11.0. The Bertz CT molecular complexity index is 749. The predicted molar refractivity (Wildman–Crippen MR) is 69.9 cm³/mol. The second-order valence-electron chi connectivity index (χ2n) is 4.51. The Morgan fingerprint density at radius 1 is 0.957 bits per heavy atom. The van der Waals surface area contributed by atoms with Crippen molar-refractivity contribution in [3.8, 4) is 11.4 Å². The average Bonchev–Trinajstić information content (AvgIpc) is 2.44. The standard InChI is InChI=1S/C13H7ClF6N2O/c14-5-9-4-10(23)22-11(21-9)6-1-7(12(15,16)17)3-8(2-6)13(18,19)20/h1-4H,5H2,(H,21,22,23). The molecule has 1 aromatic heterocycles. The molecule has 0 aliphatic carbocycles. The van der Waals surface area contributed by atoms with Crippen molar-refractivity contribution in [3.63, 3.8) is 0 Å². The van der Waals surface area contributed by atoms with Crippen molar-refractivity contribution in [3.05, 3.63) is 51.4 Å². The number of aromatic amines is 1. The number of hydrogen-bond donors (Lipinski definition) is 1. The van der Waals surface area contributed by atoms with Crippen molar-refractivity contribution in [2.45, 2.75) is 18.2 Å². The molecule has 0 saturated heterocycles. The highest BCUT2D eigenvalue weighted by Crippen LogP contribution is 2.37. The molecule has 23 heavy (non-hydrogen) atoms. The summed E-state index contributed by atoms with van der Waals surface area (Å²) in [7, 11) is 0. The van der Waals surface area contributed by atoms with Crippen LogP contribution in [0.3, 0.4) is 0 Å². The Hall–Kier alpha value is -2.03. The van der Waals surface area contributed by atoms with Crippen LogP contribution in [-0.4, -0.2) is 9.97 Å². The van der Waals surface area contributed by atoms with Gasteiger partial charge in [0.05, 0.1) is 22.7 Å². The van der Waals surface area contributed by atoms with E-state index in [-0.39, 0.29) is 17.6 Å². The maximum atomic E-state index is 12.8. The molecule has 1 aromatic carbocycles. The Labute approximate surface area is 129 Å². The largest absolute Gasteiger partial charge is 0.416 e. The molecular weight excluding hydrogens is 350 g/mol.